The average molecular weight is 194 g/mol. The molecule has 0 saturated carbocycles. The van der Waals surface area contributed by atoms with Gasteiger partial charge >= 0.3 is 6.18 Å². The fourth-order valence-electron chi connectivity index (χ4n) is 1.37. The van der Waals surface area contributed by atoms with E-state index in [4.69, 9.17) is 0 Å². The Balaban J connectivity index is 3.03. The van der Waals surface area contributed by atoms with E-state index in [-0.39, 0.29) is 12.0 Å². The van der Waals surface area contributed by atoms with Crippen molar-refractivity contribution in [3.63, 3.8) is 0 Å². The van der Waals surface area contributed by atoms with E-state index in [9.17, 15) is 17.6 Å². The van der Waals surface area contributed by atoms with Gasteiger partial charge in [-0.3, -0.25) is 0 Å². The van der Waals surface area contributed by atoms with E-state index in [0.29, 0.717) is 0 Å². The molecule has 1 aliphatic rings. The number of hydrogen-bond acceptors (Lipinski definition) is 0. The van der Waals surface area contributed by atoms with E-state index in [2.05, 4.69) is 0 Å². The van der Waals surface area contributed by atoms with Crippen molar-refractivity contribution in [1.82, 2.24) is 0 Å². The van der Waals surface area contributed by atoms with Crippen molar-refractivity contribution in [3.05, 3.63) is 23.8 Å². The van der Waals surface area contributed by atoms with Crippen LogP contribution in [0.5, 0.6) is 0 Å². The van der Waals surface area contributed by atoms with Crippen LogP contribution >= 0.6 is 0 Å². The Bertz CT molecular complexity index is 249. The second kappa shape index (κ2) is 3.16. The van der Waals surface area contributed by atoms with Gasteiger partial charge in [0.1, 0.15) is 0 Å². The van der Waals surface area contributed by atoms with E-state index in [1.807, 2.05) is 0 Å². The summed E-state index contributed by atoms with van der Waals surface area (Å²) in [6.07, 6.45) is -1.46. The quantitative estimate of drug-likeness (QED) is 0.560. The minimum atomic E-state index is -4.81. The maximum Gasteiger partial charge on any atom is 0.426 e. The van der Waals surface area contributed by atoms with Crippen LogP contribution in [-0.2, 0) is 0 Å². The fraction of sp³-hybridized carbons (Fsp3) is 0.556. The van der Waals surface area contributed by atoms with Crippen LogP contribution < -0.4 is 0 Å². The summed E-state index contributed by atoms with van der Waals surface area (Å²) in [5.41, 5.74) is -3.33. The maximum absolute atomic E-state index is 13.5. The van der Waals surface area contributed by atoms with Crippen LogP contribution in [0.1, 0.15) is 19.8 Å². The van der Waals surface area contributed by atoms with Crippen molar-refractivity contribution < 1.29 is 17.6 Å². The van der Waals surface area contributed by atoms with Crippen LogP contribution in [0.25, 0.3) is 0 Å². The van der Waals surface area contributed by atoms with Crippen LogP contribution in [-0.4, -0.2) is 11.8 Å². The van der Waals surface area contributed by atoms with Crippen molar-refractivity contribution in [2.45, 2.75) is 31.6 Å². The van der Waals surface area contributed by atoms with Crippen molar-refractivity contribution in [2.75, 3.05) is 0 Å². The molecule has 1 unspecified atom stereocenters. The molecule has 13 heavy (non-hydrogen) atoms. The van der Waals surface area contributed by atoms with Crippen molar-refractivity contribution >= 4 is 0 Å². The molecule has 0 aliphatic heterocycles. The van der Waals surface area contributed by atoms with Crippen molar-refractivity contribution in [3.8, 4) is 0 Å². The summed E-state index contributed by atoms with van der Waals surface area (Å²) in [5.74, 6) is 0. The van der Waals surface area contributed by atoms with Gasteiger partial charge in [-0.1, -0.05) is 25.2 Å². The van der Waals surface area contributed by atoms with Gasteiger partial charge in [0.05, 0.1) is 0 Å². The zero-order valence-corrected chi connectivity index (χ0v) is 7.16. The highest BCUT2D eigenvalue weighted by molar-refractivity contribution is 5.30. The van der Waals surface area contributed by atoms with Crippen LogP contribution in [0.2, 0.25) is 0 Å². The van der Waals surface area contributed by atoms with E-state index < -0.39 is 18.3 Å². The summed E-state index contributed by atoms with van der Waals surface area (Å²) in [6.45, 7) is 1.52. The highest BCUT2D eigenvalue weighted by Crippen LogP contribution is 2.45. The van der Waals surface area contributed by atoms with Gasteiger partial charge in [-0.15, -0.1) is 0 Å². The minimum absolute atomic E-state index is 0.0837. The number of hydrogen-bond donors (Lipinski definition) is 0. The monoisotopic (exact) mass is 194 g/mol. The lowest BCUT2D eigenvalue weighted by molar-refractivity contribution is -0.215. The number of alkyl halides is 4. The molecule has 1 aliphatic carbocycles. The molecule has 1 atom stereocenters. The number of allylic oxidation sites excluding steroid dienone is 4. The largest absolute Gasteiger partial charge is 0.426 e. The third kappa shape index (κ3) is 1.62. The topological polar surface area (TPSA) is 0 Å². The lowest BCUT2D eigenvalue weighted by Gasteiger charge is -2.30. The molecular weight excluding hydrogens is 184 g/mol. The van der Waals surface area contributed by atoms with Gasteiger partial charge in [0, 0.05) is 6.42 Å². The van der Waals surface area contributed by atoms with Gasteiger partial charge in [-0.05, 0) is 12.0 Å². The second-order valence-corrected chi connectivity index (χ2v) is 2.98. The van der Waals surface area contributed by atoms with Gasteiger partial charge in [0.25, 0.3) is 0 Å². The van der Waals surface area contributed by atoms with Gasteiger partial charge < -0.3 is 0 Å². The van der Waals surface area contributed by atoms with E-state index in [1.165, 1.54) is 25.2 Å². The highest BCUT2D eigenvalue weighted by atomic mass is 19.4. The number of rotatable bonds is 1. The maximum atomic E-state index is 13.5. The molecule has 1 rings (SSSR count). The normalized spacial score (nSPS) is 28.8. The first-order valence-electron chi connectivity index (χ1n) is 4.03. The fourth-order valence-corrected chi connectivity index (χ4v) is 1.37. The summed E-state index contributed by atoms with van der Waals surface area (Å²) in [7, 11) is 0. The molecule has 0 saturated heterocycles. The molecule has 0 heterocycles. The second-order valence-electron chi connectivity index (χ2n) is 2.98. The van der Waals surface area contributed by atoms with E-state index in [1.54, 1.807) is 0 Å². The lowest BCUT2D eigenvalue weighted by Crippen LogP contribution is -2.42. The third-order valence-corrected chi connectivity index (χ3v) is 2.17. The molecular formula is C9H10F4. The summed E-state index contributed by atoms with van der Waals surface area (Å²) in [5, 5.41) is 0. The smallest absolute Gasteiger partial charge is 0.229 e. The molecule has 0 fully saturated rings. The zero-order valence-electron chi connectivity index (χ0n) is 7.16. The molecule has 0 aromatic rings. The Morgan fingerprint density at radius 1 is 1.46 bits per heavy atom. The van der Waals surface area contributed by atoms with Gasteiger partial charge in [-0.25, -0.2) is 4.39 Å². The molecule has 0 N–H and O–H groups in total. The molecule has 0 aromatic heterocycles. The molecule has 0 spiro atoms. The molecule has 0 aromatic carbocycles. The molecule has 0 nitrogen and oxygen atoms in total. The SMILES string of the molecule is CCC1=CC=CCC1(F)C(F)(F)F. The first-order valence-corrected chi connectivity index (χ1v) is 4.03. The summed E-state index contributed by atoms with van der Waals surface area (Å²) >= 11 is 0. The van der Waals surface area contributed by atoms with Crippen LogP contribution in [0.15, 0.2) is 23.8 Å². The standard InChI is InChI=1S/C9H10F4/c1-2-7-5-3-4-6-8(7,10)9(11,12)13/h3-5H,2,6H2,1H3. The highest BCUT2D eigenvalue weighted by Gasteiger charge is 2.57. The summed E-state index contributed by atoms with van der Waals surface area (Å²) in [6, 6.07) is 0. The molecule has 0 bridgehead atoms. The minimum Gasteiger partial charge on any atom is -0.229 e. The molecule has 4 heteroatoms. The molecule has 0 radical (unpaired) electrons. The Hall–Kier alpha value is -0.800. The average Bonchev–Trinajstić information content (AvgIpc) is 2.03. The Kier molecular flexibility index (Phi) is 2.50. The number of halogens is 4. The van der Waals surface area contributed by atoms with Gasteiger partial charge in [0.2, 0.25) is 5.67 Å². The Labute approximate surface area is 73.9 Å². The lowest BCUT2D eigenvalue weighted by atomic mass is 9.86. The predicted octanol–water partition coefficient (Wildman–Crippen LogP) is 3.55. The first kappa shape index (κ1) is 10.3. The zero-order chi connectivity index (χ0) is 10.1. The van der Waals surface area contributed by atoms with Gasteiger partial charge in [-0.2, -0.15) is 13.2 Å². The first-order chi connectivity index (χ1) is 5.92. The van der Waals surface area contributed by atoms with Crippen LogP contribution in [0, 0.1) is 0 Å². The summed E-state index contributed by atoms with van der Waals surface area (Å²) < 4.78 is 50.4. The van der Waals surface area contributed by atoms with Crippen LogP contribution in [0.4, 0.5) is 17.6 Å². The van der Waals surface area contributed by atoms with E-state index in [0.717, 1.165) is 0 Å². The Morgan fingerprint density at radius 2 is 2.08 bits per heavy atom. The predicted molar refractivity (Wildman–Crippen MR) is 42.0 cm³/mol. The van der Waals surface area contributed by atoms with Crippen molar-refractivity contribution in [2.24, 2.45) is 0 Å². The van der Waals surface area contributed by atoms with E-state index >= 15 is 0 Å². The van der Waals surface area contributed by atoms with Gasteiger partial charge in [0.15, 0.2) is 0 Å². The Morgan fingerprint density at radius 3 is 2.46 bits per heavy atom. The molecule has 74 valence electrons. The molecule has 0 amide bonds. The third-order valence-electron chi connectivity index (χ3n) is 2.17. The summed E-state index contributed by atoms with van der Waals surface area (Å²) in [4.78, 5) is 0. The van der Waals surface area contributed by atoms with Crippen LogP contribution in [0.3, 0.4) is 0 Å². The van der Waals surface area contributed by atoms with Crippen molar-refractivity contribution in [1.29, 1.82) is 0 Å².